The maximum absolute atomic E-state index is 12.1. The molecule has 1 fully saturated rings. The average molecular weight is 298 g/mol. The van der Waals surface area contributed by atoms with Crippen LogP contribution in [0.15, 0.2) is 22.9 Å². The number of amides is 1. The summed E-state index contributed by atoms with van der Waals surface area (Å²) in [7, 11) is 0. The van der Waals surface area contributed by atoms with E-state index in [2.05, 4.69) is 26.2 Å². The number of nitrogens with zero attached hydrogens (tertiary/aromatic N) is 2. The van der Waals surface area contributed by atoms with Gasteiger partial charge in [-0.25, -0.2) is 0 Å². The second kappa shape index (κ2) is 5.60. The quantitative estimate of drug-likeness (QED) is 0.921. The maximum atomic E-state index is 12.1. The summed E-state index contributed by atoms with van der Waals surface area (Å²) in [6, 6.07) is 1.98. The van der Waals surface area contributed by atoms with Crippen LogP contribution < -0.4 is 5.32 Å². The lowest BCUT2D eigenvalue weighted by molar-refractivity contribution is -0.136. The number of halogens is 1. The van der Waals surface area contributed by atoms with Crippen molar-refractivity contribution >= 4 is 21.8 Å². The van der Waals surface area contributed by atoms with Gasteiger partial charge in [0.05, 0.1) is 6.04 Å². The third-order valence-corrected chi connectivity index (χ3v) is 3.36. The third-order valence-electron chi connectivity index (χ3n) is 2.93. The van der Waals surface area contributed by atoms with E-state index in [4.69, 9.17) is 0 Å². The van der Waals surface area contributed by atoms with Crippen LogP contribution in [0.5, 0.6) is 0 Å². The highest BCUT2D eigenvalue weighted by Crippen LogP contribution is 2.13. The van der Waals surface area contributed by atoms with Gasteiger partial charge in [-0.3, -0.25) is 9.78 Å². The predicted molar refractivity (Wildman–Crippen MR) is 69.4 cm³/mol. The van der Waals surface area contributed by atoms with Crippen LogP contribution in [0.4, 0.5) is 0 Å². The number of carbonyl (C=O) groups excluding carboxylic acids is 1. The summed E-state index contributed by atoms with van der Waals surface area (Å²) in [5.74, 6) is 0.193. The van der Waals surface area contributed by atoms with Crippen LogP contribution in [-0.2, 0) is 11.3 Å². The number of hydrogen-bond acceptors (Lipinski definition) is 3. The minimum Gasteiger partial charge on any atom is -0.336 e. The number of pyridine rings is 1. The van der Waals surface area contributed by atoms with E-state index in [1.165, 1.54) is 0 Å². The first-order valence-corrected chi connectivity index (χ1v) is 6.61. The van der Waals surface area contributed by atoms with Gasteiger partial charge in [0, 0.05) is 36.5 Å². The first-order valence-electron chi connectivity index (χ1n) is 5.82. The Morgan fingerprint density at radius 1 is 1.59 bits per heavy atom. The van der Waals surface area contributed by atoms with Gasteiger partial charge < -0.3 is 10.2 Å². The van der Waals surface area contributed by atoms with Gasteiger partial charge in [-0.05, 0) is 34.0 Å². The summed E-state index contributed by atoms with van der Waals surface area (Å²) in [5.41, 5.74) is 1.06. The van der Waals surface area contributed by atoms with Crippen molar-refractivity contribution in [2.75, 3.05) is 13.1 Å². The van der Waals surface area contributed by atoms with Crippen molar-refractivity contribution in [1.82, 2.24) is 15.2 Å². The molecule has 1 amide bonds. The zero-order valence-electron chi connectivity index (χ0n) is 9.82. The zero-order valence-corrected chi connectivity index (χ0v) is 11.4. The Hall–Kier alpha value is -0.940. The van der Waals surface area contributed by atoms with Crippen LogP contribution in [0, 0.1) is 0 Å². The van der Waals surface area contributed by atoms with Crippen molar-refractivity contribution in [3.05, 3.63) is 28.5 Å². The molecule has 0 radical (unpaired) electrons. The van der Waals surface area contributed by atoms with Gasteiger partial charge in [-0.1, -0.05) is 6.92 Å². The Labute approximate surface area is 110 Å². The van der Waals surface area contributed by atoms with Crippen LogP contribution in [0.1, 0.15) is 18.9 Å². The lowest BCUT2D eigenvalue weighted by atomic mass is 10.1. The van der Waals surface area contributed by atoms with Gasteiger partial charge in [0.2, 0.25) is 5.91 Å². The molecular weight excluding hydrogens is 282 g/mol. The monoisotopic (exact) mass is 297 g/mol. The van der Waals surface area contributed by atoms with E-state index < -0.39 is 0 Å². The highest BCUT2D eigenvalue weighted by atomic mass is 79.9. The molecule has 0 aliphatic carbocycles. The number of nitrogens with one attached hydrogen (secondary N) is 1. The average Bonchev–Trinajstić information content (AvgIpc) is 2.32. The molecule has 1 N–H and O–H groups in total. The Kier molecular flexibility index (Phi) is 4.12. The molecule has 2 rings (SSSR count). The smallest absolute Gasteiger partial charge is 0.240 e. The molecule has 1 unspecified atom stereocenters. The fourth-order valence-electron chi connectivity index (χ4n) is 2.03. The molecule has 0 saturated carbocycles. The van der Waals surface area contributed by atoms with Crippen molar-refractivity contribution in [3.63, 3.8) is 0 Å². The van der Waals surface area contributed by atoms with Crippen LogP contribution in [0.3, 0.4) is 0 Å². The Morgan fingerprint density at radius 3 is 3.12 bits per heavy atom. The Morgan fingerprint density at radius 2 is 2.41 bits per heavy atom. The standard InChI is InChI=1S/C12H16BrN3O/c1-2-11-12(17)16(4-3-15-11)8-9-5-10(13)7-14-6-9/h5-7,11,15H,2-4,8H2,1H3. The fraction of sp³-hybridized carbons (Fsp3) is 0.500. The Balaban J connectivity index is 2.05. The van der Waals surface area contributed by atoms with Crippen LogP contribution in [0.2, 0.25) is 0 Å². The topological polar surface area (TPSA) is 45.2 Å². The summed E-state index contributed by atoms with van der Waals surface area (Å²) >= 11 is 3.39. The summed E-state index contributed by atoms with van der Waals surface area (Å²) in [6.45, 7) is 4.30. The van der Waals surface area contributed by atoms with Crippen molar-refractivity contribution in [2.24, 2.45) is 0 Å². The number of carbonyl (C=O) groups is 1. The second-order valence-electron chi connectivity index (χ2n) is 4.19. The first kappa shape index (κ1) is 12.5. The first-order chi connectivity index (χ1) is 8.20. The molecule has 1 aromatic rings. The summed E-state index contributed by atoms with van der Waals surface area (Å²) in [5, 5.41) is 3.23. The van der Waals surface area contributed by atoms with E-state index in [1.54, 1.807) is 12.4 Å². The minimum absolute atomic E-state index is 0.0242. The maximum Gasteiger partial charge on any atom is 0.240 e. The molecule has 1 aliphatic heterocycles. The van der Waals surface area contributed by atoms with Gasteiger partial charge in [-0.2, -0.15) is 0 Å². The summed E-state index contributed by atoms with van der Waals surface area (Å²) < 4.78 is 0.949. The molecule has 1 saturated heterocycles. The van der Waals surface area contributed by atoms with Gasteiger partial charge >= 0.3 is 0 Å². The molecule has 5 heteroatoms. The number of aromatic nitrogens is 1. The molecule has 17 heavy (non-hydrogen) atoms. The van der Waals surface area contributed by atoms with Gasteiger partial charge in [0.1, 0.15) is 0 Å². The molecular formula is C12H16BrN3O. The number of rotatable bonds is 3. The zero-order chi connectivity index (χ0) is 12.3. The van der Waals surface area contributed by atoms with Crippen molar-refractivity contribution in [2.45, 2.75) is 25.9 Å². The molecule has 92 valence electrons. The van der Waals surface area contributed by atoms with Gasteiger partial charge in [0.25, 0.3) is 0 Å². The molecule has 4 nitrogen and oxygen atoms in total. The van der Waals surface area contributed by atoms with Gasteiger partial charge in [-0.15, -0.1) is 0 Å². The van der Waals surface area contributed by atoms with Crippen LogP contribution in [-0.4, -0.2) is 34.9 Å². The molecule has 1 aliphatic rings. The largest absolute Gasteiger partial charge is 0.336 e. The molecule has 0 aromatic carbocycles. The van der Waals surface area contributed by atoms with E-state index in [9.17, 15) is 4.79 Å². The molecule has 1 aromatic heterocycles. The SMILES string of the molecule is CCC1NCCN(Cc2cncc(Br)c2)C1=O. The third kappa shape index (κ3) is 3.04. The summed E-state index contributed by atoms with van der Waals surface area (Å²) in [4.78, 5) is 18.1. The van der Waals surface area contributed by atoms with E-state index >= 15 is 0 Å². The van der Waals surface area contributed by atoms with Crippen molar-refractivity contribution in [1.29, 1.82) is 0 Å². The van der Waals surface area contributed by atoms with Gasteiger partial charge in [0.15, 0.2) is 0 Å². The molecule has 1 atom stereocenters. The second-order valence-corrected chi connectivity index (χ2v) is 5.10. The van der Waals surface area contributed by atoms with E-state index in [-0.39, 0.29) is 11.9 Å². The highest BCUT2D eigenvalue weighted by molar-refractivity contribution is 9.10. The lowest BCUT2D eigenvalue weighted by Crippen LogP contribution is -2.54. The van der Waals surface area contributed by atoms with Crippen LogP contribution >= 0.6 is 15.9 Å². The van der Waals surface area contributed by atoms with E-state index in [0.29, 0.717) is 6.54 Å². The van der Waals surface area contributed by atoms with Crippen molar-refractivity contribution in [3.8, 4) is 0 Å². The highest BCUT2D eigenvalue weighted by Gasteiger charge is 2.26. The van der Waals surface area contributed by atoms with E-state index in [1.807, 2.05) is 17.9 Å². The van der Waals surface area contributed by atoms with E-state index in [0.717, 1.165) is 29.5 Å². The Bertz CT molecular complexity index is 410. The molecule has 0 bridgehead atoms. The minimum atomic E-state index is -0.0242. The van der Waals surface area contributed by atoms with Crippen molar-refractivity contribution < 1.29 is 4.79 Å². The molecule has 2 heterocycles. The lowest BCUT2D eigenvalue weighted by Gasteiger charge is -2.32. The normalized spacial score (nSPS) is 20.7. The summed E-state index contributed by atoms with van der Waals surface area (Å²) in [6.07, 6.45) is 4.39. The van der Waals surface area contributed by atoms with Crippen LogP contribution in [0.25, 0.3) is 0 Å². The number of hydrogen-bond donors (Lipinski definition) is 1. The fourth-order valence-corrected chi connectivity index (χ4v) is 2.44. The number of piperazine rings is 1. The molecule has 0 spiro atoms. The predicted octanol–water partition coefficient (Wildman–Crippen LogP) is 1.55.